The number of furan rings is 1. The molecule has 2 amide bonds. The average Bonchev–Trinajstić information content (AvgIpc) is 3.04. The lowest BCUT2D eigenvalue weighted by molar-refractivity contribution is 0.0951. The van der Waals surface area contributed by atoms with Crippen LogP contribution in [-0.4, -0.2) is 24.9 Å². The zero-order valence-corrected chi connectivity index (χ0v) is 12.5. The number of nitrogens with one attached hydrogen (secondary N) is 2. The number of hydrogen-bond acceptors (Lipinski definition) is 4. The Balaban J connectivity index is 1.66. The fraction of sp³-hybridized carbons (Fsp3) is 0.250. The number of amides is 2. The lowest BCUT2D eigenvalue weighted by atomic mass is 10.2. The van der Waals surface area contributed by atoms with Crippen molar-refractivity contribution in [3.8, 4) is 0 Å². The number of carbonyl (C=O) groups excluding carboxylic acids is 2. The Hall–Kier alpha value is -2.67. The Bertz CT molecular complexity index is 667. The third-order valence-corrected chi connectivity index (χ3v) is 3.15. The molecule has 0 saturated heterocycles. The molecule has 0 spiro atoms. The van der Waals surface area contributed by atoms with Gasteiger partial charge in [-0.3, -0.25) is 9.59 Å². The molecule has 0 atom stereocenters. The zero-order chi connectivity index (χ0) is 16.7. The number of nitrogens with two attached hydrogens (primary N) is 1. The summed E-state index contributed by atoms with van der Waals surface area (Å²) in [4.78, 5) is 23.6. The van der Waals surface area contributed by atoms with Crippen LogP contribution in [0.25, 0.3) is 0 Å². The summed E-state index contributed by atoms with van der Waals surface area (Å²) in [5, 5.41) is 5.41. The van der Waals surface area contributed by atoms with Crippen LogP contribution in [0, 0.1) is 5.82 Å². The van der Waals surface area contributed by atoms with Gasteiger partial charge in [-0.25, -0.2) is 4.39 Å². The standard InChI is InChI=1S/C16H18FN3O3/c17-13-4-2-11(3-5-13)15(21)19-6-1-7-20-16(22)12-8-14(9-18)23-10-12/h2-5,8,10H,1,6-7,9,18H2,(H,19,21)(H,20,22). The molecule has 2 rings (SSSR count). The third-order valence-electron chi connectivity index (χ3n) is 3.15. The molecule has 0 fully saturated rings. The highest BCUT2D eigenvalue weighted by Gasteiger charge is 2.09. The van der Waals surface area contributed by atoms with Crippen LogP contribution in [0.3, 0.4) is 0 Å². The van der Waals surface area contributed by atoms with E-state index in [0.29, 0.717) is 36.4 Å². The molecule has 1 heterocycles. The molecular weight excluding hydrogens is 301 g/mol. The fourth-order valence-corrected chi connectivity index (χ4v) is 1.90. The van der Waals surface area contributed by atoms with Crippen LogP contribution in [-0.2, 0) is 6.54 Å². The minimum Gasteiger partial charge on any atom is -0.467 e. The van der Waals surface area contributed by atoms with Gasteiger partial charge in [0.25, 0.3) is 11.8 Å². The predicted octanol–water partition coefficient (Wildman–Crippen LogP) is 1.43. The SMILES string of the molecule is NCc1cc(C(=O)NCCCNC(=O)c2ccc(F)cc2)co1. The highest BCUT2D eigenvalue weighted by molar-refractivity contribution is 5.94. The van der Waals surface area contributed by atoms with Gasteiger partial charge < -0.3 is 20.8 Å². The van der Waals surface area contributed by atoms with E-state index < -0.39 is 0 Å². The molecular formula is C16H18FN3O3. The van der Waals surface area contributed by atoms with Crippen molar-refractivity contribution in [3.05, 3.63) is 59.3 Å². The smallest absolute Gasteiger partial charge is 0.254 e. The Morgan fingerprint density at radius 1 is 1.04 bits per heavy atom. The summed E-state index contributed by atoms with van der Waals surface area (Å²) in [7, 11) is 0. The molecule has 0 aliphatic heterocycles. The molecule has 0 aliphatic rings. The summed E-state index contributed by atoms with van der Waals surface area (Å²) in [6.07, 6.45) is 1.92. The summed E-state index contributed by atoms with van der Waals surface area (Å²) in [6.45, 7) is 1.05. The van der Waals surface area contributed by atoms with Crippen LogP contribution in [0.1, 0.15) is 32.9 Å². The van der Waals surface area contributed by atoms with Gasteiger partial charge in [0, 0.05) is 18.7 Å². The summed E-state index contributed by atoms with van der Waals surface area (Å²) in [6, 6.07) is 6.89. The van der Waals surface area contributed by atoms with E-state index >= 15 is 0 Å². The summed E-state index contributed by atoms with van der Waals surface area (Å²) < 4.78 is 17.8. The molecule has 0 saturated carbocycles. The molecule has 23 heavy (non-hydrogen) atoms. The first kappa shape index (κ1) is 16.7. The van der Waals surface area contributed by atoms with E-state index in [1.54, 1.807) is 6.07 Å². The van der Waals surface area contributed by atoms with Crippen LogP contribution in [0.5, 0.6) is 0 Å². The molecule has 1 aromatic heterocycles. The average molecular weight is 319 g/mol. The van der Waals surface area contributed by atoms with Crippen molar-refractivity contribution in [1.82, 2.24) is 10.6 Å². The van der Waals surface area contributed by atoms with E-state index in [9.17, 15) is 14.0 Å². The van der Waals surface area contributed by atoms with Crippen molar-refractivity contribution in [2.75, 3.05) is 13.1 Å². The van der Waals surface area contributed by atoms with E-state index in [1.807, 2.05) is 0 Å². The first-order valence-corrected chi connectivity index (χ1v) is 7.19. The van der Waals surface area contributed by atoms with Crippen LogP contribution < -0.4 is 16.4 Å². The first-order chi connectivity index (χ1) is 11.1. The number of benzene rings is 1. The highest BCUT2D eigenvalue weighted by Crippen LogP contribution is 2.06. The van der Waals surface area contributed by atoms with Crippen molar-refractivity contribution in [2.45, 2.75) is 13.0 Å². The van der Waals surface area contributed by atoms with E-state index in [-0.39, 0.29) is 24.2 Å². The quantitative estimate of drug-likeness (QED) is 0.672. The molecule has 2 aromatic rings. The topological polar surface area (TPSA) is 97.4 Å². The molecule has 0 radical (unpaired) electrons. The Labute approximate surface area is 132 Å². The van der Waals surface area contributed by atoms with E-state index in [1.165, 1.54) is 30.5 Å². The predicted molar refractivity (Wildman–Crippen MR) is 82.3 cm³/mol. The minimum atomic E-state index is -0.388. The Morgan fingerprint density at radius 3 is 2.22 bits per heavy atom. The van der Waals surface area contributed by atoms with Gasteiger partial charge in [-0.15, -0.1) is 0 Å². The number of hydrogen-bond donors (Lipinski definition) is 3. The van der Waals surface area contributed by atoms with Gasteiger partial charge in [0.05, 0.1) is 12.1 Å². The van der Waals surface area contributed by atoms with E-state index in [0.717, 1.165) is 0 Å². The van der Waals surface area contributed by atoms with Gasteiger partial charge in [-0.2, -0.15) is 0 Å². The number of halogens is 1. The lowest BCUT2D eigenvalue weighted by Crippen LogP contribution is -2.29. The number of carbonyl (C=O) groups is 2. The van der Waals surface area contributed by atoms with E-state index in [2.05, 4.69) is 10.6 Å². The van der Waals surface area contributed by atoms with Crippen LogP contribution in [0.2, 0.25) is 0 Å². The molecule has 1 aromatic carbocycles. The van der Waals surface area contributed by atoms with E-state index in [4.69, 9.17) is 10.2 Å². The van der Waals surface area contributed by atoms with Gasteiger partial charge >= 0.3 is 0 Å². The maximum absolute atomic E-state index is 12.8. The molecule has 0 aliphatic carbocycles. The van der Waals surface area contributed by atoms with Crippen LogP contribution >= 0.6 is 0 Å². The van der Waals surface area contributed by atoms with Gasteiger partial charge in [0.2, 0.25) is 0 Å². The first-order valence-electron chi connectivity index (χ1n) is 7.19. The van der Waals surface area contributed by atoms with Gasteiger partial charge in [-0.1, -0.05) is 0 Å². The fourth-order valence-electron chi connectivity index (χ4n) is 1.90. The second kappa shape index (κ2) is 8.09. The Kier molecular flexibility index (Phi) is 5.87. The molecule has 7 heteroatoms. The van der Waals surface area contributed by atoms with Crippen molar-refractivity contribution < 1.29 is 18.4 Å². The van der Waals surface area contributed by atoms with Gasteiger partial charge in [-0.05, 0) is 36.8 Å². The van der Waals surface area contributed by atoms with Crippen LogP contribution in [0.4, 0.5) is 4.39 Å². The van der Waals surface area contributed by atoms with Crippen molar-refractivity contribution in [2.24, 2.45) is 5.73 Å². The lowest BCUT2D eigenvalue weighted by Gasteiger charge is -2.06. The third kappa shape index (κ3) is 4.93. The second-order valence-corrected chi connectivity index (χ2v) is 4.88. The summed E-state index contributed by atoms with van der Waals surface area (Å²) in [5.41, 5.74) is 6.21. The monoisotopic (exact) mass is 319 g/mol. The van der Waals surface area contributed by atoms with Crippen LogP contribution in [0.15, 0.2) is 41.0 Å². The Morgan fingerprint density at radius 2 is 1.65 bits per heavy atom. The van der Waals surface area contributed by atoms with Crippen molar-refractivity contribution in [1.29, 1.82) is 0 Å². The highest BCUT2D eigenvalue weighted by atomic mass is 19.1. The normalized spacial score (nSPS) is 10.3. The zero-order valence-electron chi connectivity index (χ0n) is 12.5. The minimum absolute atomic E-state index is 0.239. The molecule has 0 bridgehead atoms. The summed E-state index contributed by atoms with van der Waals surface area (Å²) >= 11 is 0. The molecule has 6 nitrogen and oxygen atoms in total. The molecule has 4 N–H and O–H groups in total. The number of rotatable bonds is 7. The second-order valence-electron chi connectivity index (χ2n) is 4.88. The largest absolute Gasteiger partial charge is 0.467 e. The van der Waals surface area contributed by atoms with Crippen molar-refractivity contribution in [3.63, 3.8) is 0 Å². The molecule has 122 valence electrons. The van der Waals surface area contributed by atoms with Gasteiger partial charge in [0.15, 0.2) is 0 Å². The van der Waals surface area contributed by atoms with Crippen molar-refractivity contribution >= 4 is 11.8 Å². The maximum Gasteiger partial charge on any atom is 0.254 e. The maximum atomic E-state index is 12.8. The molecule has 0 unspecified atom stereocenters. The summed E-state index contributed by atoms with van der Waals surface area (Å²) in [5.74, 6) is -0.375. The van der Waals surface area contributed by atoms with Gasteiger partial charge in [0.1, 0.15) is 17.8 Å².